The first-order valence-electron chi connectivity index (χ1n) is 11.5. The first-order chi connectivity index (χ1) is 15.7. The quantitative estimate of drug-likeness (QED) is 0.413. The van der Waals surface area contributed by atoms with Gasteiger partial charge in [-0.05, 0) is 74.6 Å². The van der Waals surface area contributed by atoms with Gasteiger partial charge in [-0.25, -0.2) is 0 Å². The van der Waals surface area contributed by atoms with Gasteiger partial charge >= 0.3 is 0 Å². The molecule has 3 rings (SSSR count). The number of nitrogens with zero attached hydrogens (tertiary/aromatic N) is 1. The van der Waals surface area contributed by atoms with Crippen LogP contribution in [0.5, 0.6) is 5.75 Å². The van der Waals surface area contributed by atoms with Crippen molar-refractivity contribution in [2.24, 2.45) is 0 Å². The minimum absolute atomic E-state index is 0.111. The summed E-state index contributed by atoms with van der Waals surface area (Å²) in [5, 5.41) is 3.16. The highest BCUT2D eigenvalue weighted by molar-refractivity contribution is 9.10. The molecule has 0 aromatic heterocycles. The third kappa shape index (κ3) is 7.31. The molecule has 0 spiro atoms. The fourth-order valence-corrected chi connectivity index (χ4v) is 4.88. The van der Waals surface area contributed by atoms with Gasteiger partial charge in [-0.3, -0.25) is 9.59 Å². The number of benzene rings is 2. The predicted molar refractivity (Wildman–Crippen MR) is 138 cm³/mol. The summed E-state index contributed by atoms with van der Waals surface area (Å²) in [5.41, 5.74) is 3.04. The van der Waals surface area contributed by atoms with Crippen LogP contribution in [0.3, 0.4) is 0 Å². The number of aryl methyl sites for hydroxylation is 2. The van der Waals surface area contributed by atoms with E-state index in [0.29, 0.717) is 12.3 Å². The molecule has 178 valence electrons. The molecular weight excluding hydrogens is 548 g/mol. The van der Waals surface area contributed by atoms with E-state index in [1.165, 1.54) is 6.42 Å². The predicted octanol–water partition coefficient (Wildman–Crippen LogP) is 6.07. The average molecular weight is 580 g/mol. The molecule has 0 aliphatic heterocycles. The molecule has 0 bridgehead atoms. The molecule has 0 heterocycles. The molecule has 1 N–H and O–H groups in total. The maximum Gasteiger partial charge on any atom is 0.261 e. The van der Waals surface area contributed by atoms with Gasteiger partial charge in [0.15, 0.2) is 6.61 Å². The molecule has 0 radical (unpaired) electrons. The standard InChI is InChI=1S/C26H32Br2N2O3/c1-17-12-23(13-18(2)25(17)28)33-16-24(31)30(15-20-8-7-9-21(27)14-20)19(3)26(32)29-22-10-5-4-6-11-22/h7-9,12-14,19,22H,4-6,10-11,15-16H2,1-3H3,(H,29,32)/t19-/m1/s1. The van der Waals surface area contributed by atoms with Crippen LogP contribution in [-0.2, 0) is 16.1 Å². The van der Waals surface area contributed by atoms with E-state index in [9.17, 15) is 9.59 Å². The van der Waals surface area contributed by atoms with E-state index in [4.69, 9.17) is 4.74 Å². The van der Waals surface area contributed by atoms with E-state index < -0.39 is 6.04 Å². The molecule has 0 saturated heterocycles. The highest BCUT2D eigenvalue weighted by Gasteiger charge is 2.28. The second-order valence-electron chi connectivity index (χ2n) is 8.83. The topological polar surface area (TPSA) is 58.6 Å². The molecular formula is C26H32Br2N2O3. The number of ether oxygens (including phenoxy) is 1. The lowest BCUT2D eigenvalue weighted by Gasteiger charge is -2.31. The van der Waals surface area contributed by atoms with Crippen LogP contribution in [0.4, 0.5) is 0 Å². The van der Waals surface area contributed by atoms with E-state index in [-0.39, 0.29) is 24.5 Å². The zero-order valence-corrected chi connectivity index (χ0v) is 22.7. The van der Waals surface area contributed by atoms with Gasteiger partial charge in [0.2, 0.25) is 5.91 Å². The molecule has 0 unspecified atom stereocenters. The van der Waals surface area contributed by atoms with Crippen LogP contribution >= 0.6 is 31.9 Å². The van der Waals surface area contributed by atoms with Crippen LogP contribution in [0.25, 0.3) is 0 Å². The Bertz CT molecular complexity index is 966. The van der Waals surface area contributed by atoms with Crippen LogP contribution in [0, 0.1) is 13.8 Å². The second kappa shape index (κ2) is 12.0. The van der Waals surface area contributed by atoms with E-state index in [1.807, 2.05) is 50.2 Å². The van der Waals surface area contributed by atoms with Crippen molar-refractivity contribution in [3.8, 4) is 5.75 Å². The fraction of sp³-hybridized carbons (Fsp3) is 0.462. The maximum atomic E-state index is 13.3. The number of rotatable bonds is 8. The minimum Gasteiger partial charge on any atom is -0.484 e. The van der Waals surface area contributed by atoms with Crippen molar-refractivity contribution in [2.75, 3.05) is 6.61 Å². The van der Waals surface area contributed by atoms with Crippen LogP contribution in [0.1, 0.15) is 55.7 Å². The Labute approximate surface area is 213 Å². The van der Waals surface area contributed by atoms with E-state index in [1.54, 1.807) is 11.8 Å². The zero-order chi connectivity index (χ0) is 24.0. The number of amides is 2. The molecule has 2 amide bonds. The Morgan fingerprint density at radius 2 is 1.76 bits per heavy atom. The molecule has 1 fully saturated rings. The first-order valence-corrected chi connectivity index (χ1v) is 13.1. The van der Waals surface area contributed by atoms with Gasteiger partial charge in [-0.15, -0.1) is 0 Å². The lowest BCUT2D eigenvalue weighted by Crippen LogP contribution is -2.51. The van der Waals surface area contributed by atoms with E-state index in [2.05, 4.69) is 37.2 Å². The van der Waals surface area contributed by atoms with E-state index in [0.717, 1.165) is 51.3 Å². The molecule has 2 aromatic carbocycles. The largest absolute Gasteiger partial charge is 0.484 e. The Morgan fingerprint density at radius 3 is 2.39 bits per heavy atom. The molecule has 1 aliphatic rings. The number of nitrogens with one attached hydrogen (secondary N) is 1. The number of carbonyl (C=O) groups is 2. The van der Waals surface area contributed by atoms with Gasteiger partial charge < -0.3 is 15.0 Å². The molecule has 1 saturated carbocycles. The van der Waals surface area contributed by atoms with Crippen molar-refractivity contribution >= 4 is 43.7 Å². The molecule has 7 heteroatoms. The van der Waals surface area contributed by atoms with Gasteiger partial charge in [-0.2, -0.15) is 0 Å². The van der Waals surface area contributed by atoms with Crippen LogP contribution in [-0.4, -0.2) is 35.4 Å². The van der Waals surface area contributed by atoms with Crippen molar-refractivity contribution in [3.63, 3.8) is 0 Å². The van der Waals surface area contributed by atoms with Gasteiger partial charge in [-0.1, -0.05) is 63.3 Å². The minimum atomic E-state index is -0.601. The van der Waals surface area contributed by atoms with Gasteiger partial charge in [0, 0.05) is 21.5 Å². The lowest BCUT2D eigenvalue weighted by molar-refractivity contribution is -0.142. The fourth-order valence-electron chi connectivity index (χ4n) is 4.20. The summed E-state index contributed by atoms with van der Waals surface area (Å²) >= 11 is 7.05. The summed E-state index contributed by atoms with van der Waals surface area (Å²) in [7, 11) is 0. The number of carbonyl (C=O) groups excluding carboxylic acids is 2. The van der Waals surface area contributed by atoms with Crippen molar-refractivity contribution in [1.82, 2.24) is 10.2 Å². The van der Waals surface area contributed by atoms with E-state index >= 15 is 0 Å². The highest BCUT2D eigenvalue weighted by atomic mass is 79.9. The normalized spacial score (nSPS) is 15.1. The first kappa shape index (κ1) is 25.8. The Hall–Kier alpha value is -1.86. The summed E-state index contributed by atoms with van der Waals surface area (Å²) in [6, 6.07) is 11.2. The Kier molecular flexibility index (Phi) is 9.38. The molecule has 5 nitrogen and oxygen atoms in total. The highest BCUT2D eigenvalue weighted by Crippen LogP contribution is 2.26. The summed E-state index contributed by atoms with van der Waals surface area (Å²) < 4.78 is 7.82. The van der Waals surface area contributed by atoms with Gasteiger partial charge in [0.25, 0.3) is 5.91 Å². The Morgan fingerprint density at radius 1 is 1.09 bits per heavy atom. The monoisotopic (exact) mass is 578 g/mol. The summed E-state index contributed by atoms with van der Waals surface area (Å²) in [6.07, 6.45) is 5.51. The van der Waals surface area contributed by atoms with Crippen LogP contribution in [0.2, 0.25) is 0 Å². The second-order valence-corrected chi connectivity index (χ2v) is 10.5. The van der Waals surface area contributed by atoms with Crippen molar-refractivity contribution in [2.45, 2.75) is 71.5 Å². The number of hydrogen-bond acceptors (Lipinski definition) is 3. The third-order valence-corrected chi connectivity index (χ3v) is 7.88. The van der Waals surface area contributed by atoms with Crippen LogP contribution in [0.15, 0.2) is 45.3 Å². The maximum absolute atomic E-state index is 13.3. The van der Waals surface area contributed by atoms with Crippen molar-refractivity contribution in [1.29, 1.82) is 0 Å². The number of hydrogen-bond donors (Lipinski definition) is 1. The summed E-state index contributed by atoms with van der Waals surface area (Å²) in [5.74, 6) is 0.309. The van der Waals surface area contributed by atoms with Crippen LogP contribution < -0.4 is 10.1 Å². The summed E-state index contributed by atoms with van der Waals surface area (Å²) in [6.45, 7) is 5.98. The smallest absolute Gasteiger partial charge is 0.261 e. The molecule has 33 heavy (non-hydrogen) atoms. The molecule has 2 aromatic rings. The molecule has 1 aliphatic carbocycles. The zero-order valence-electron chi connectivity index (χ0n) is 19.5. The lowest BCUT2D eigenvalue weighted by atomic mass is 9.95. The Balaban J connectivity index is 1.73. The third-order valence-electron chi connectivity index (χ3n) is 6.13. The van der Waals surface area contributed by atoms with Crippen molar-refractivity contribution < 1.29 is 14.3 Å². The SMILES string of the molecule is Cc1cc(OCC(=O)N(Cc2cccc(Br)c2)[C@H](C)C(=O)NC2CCCCC2)cc(C)c1Br. The van der Waals surface area contributed by atoms with Gasteiger partial charge in [0.05, 0.1) is 0 Å². The summed E-state index contributed by atoms with van der Waals surface area (Å²) in [4.78, 5) is 27.9. The average Bonchev–Trinajstić information content (AvgIpc) is 2.79. The van der Waals surface area contributed by atoms with Crippen molar-refractivity contribution in [3.05, 3.63) is 62.0 Å². The van der Waals surface area contributed by atoms with Gasteiger partial charge in [0.1, 0.15) is 11.8 Å². The molecule has 1 atom stereocenters. The number of halogens is 2.